The van der Waals surface area contributed by atoms with Gasteiger partial charge in [0.2, 0.25) is 5.91 Å². The maximum Gasteiger partial charge on any atom is 0.253 e. The van der Waals surface area contributed by atoms with E-state index in [-0.39, 0.29) is 11.8 Å². The molecule has 2 aromatic rings. The van der Waals surface area contributed by atoms with Crippen LogP contribution in [0.15, 0.2) is 48.8 Å². The number of carbonyl (C=O) groups is 2. The molecular formula is C18H21N3O2. The van der Waals surface area contributed by atoms with Crippen molar-refractivity contribution in [2.45, 2.75) is 32.7 Å². The van der Waals surface area contributed by atoms with Crippen LogP contribution in [-0.2, 0) is 11.3 Å². The lowest BCUT2D eigenvalue weighted by Crippen LogP contribution is -2.22. The lowest BCUT2D eigenvalue weighted by Gasteiger charge is -2.08. The molecular weight excluding hydrogens is 290 g/mol. The predicted octanol–water partition coefficient (Wildman–Crippen LogP) is 3.14. The minimum atomic E-state index is -0.157. The van der Waals surface area contributed by atoms with Crippen molar-refractivity contribution >= 4 is 17.5 Å². The Bertz CT molecular complexity index is 639. The van der Waals surface area contributed by atoms with Gasteiger partial charge < -0.3 is 10.6 Å². The first-order valence-corrected chi connectivity index (χ1v) is 7.76. The molecule has 5 nitrogen and oxygen atoms in total. The average molecular weight is 311 g/mol. The van der Waals surface area contributed by atoms with E-state index in [0.717, 1.165) is 24.1 Å². The van der Waals surface area contributed by atoms with Gasteiger partial charge in [-0.05, 0) is 36.2 Å². The number of nitrogens with one attached hydrogen (secondary N) is 2. The Labute approximate surface area is 136 Å². The number of carbonyl (C=O) groups excluding carboxylic acids is 2. The van der Waals surface area contributed by atoms with Crippen LogP contribution in [0.25, 0.3) is 0 Å². The van der Waals surface area contributed by atoms with E-state index in [0.29, 0.717) is 18.5 Å². The Morgan fingerprint density at radius 2 is 1.91 bits per heavy atom. The third-order valence-electron chi connectivity index (χ3n) is 3.37. The number of amides is 2. The lowest BCUT2D eigenvalue weighted by atomic mass is 10.2. The smallest absolute Gasteiger partial charge is 0.253 e. The number of unbranched alkanes of at least 4 members (excludes halogenated alkanes) is 1. The first kappa shape index (κ1) is 16.7. The highest BCUT2D eigenvalue weighted by Crippen LogP contribution is 2.10. The van der Waals surface area contributed by atoms with Gasteiger partial charge in [0.15, 0.2) is 0 Å². The van der Waals surface area contributed by atoms with E-state index in [1.807, 2.05) is 24.3 Å². The van der Waals surface area contributed by atoms with E-state index in [1.165, 1.54) is 6.20 Å². The summed E-state index contributed by atoms with van der Waals surface area (Å²) >= 11 is 0. The van der Waals surface area contributed by atoms with Gasteiger partial charge in [-0.15, -0.1) is 0 Å². The lowest BCUT2D eigenvalue weighted by molar-refractivity contribution is -0.116. The monoisotopic (exact) mass is 311 g/mol. The molecule has 1 aromatic carbocycles. The molecule has 2 rings (SSSR count). The Hall–Kier alpha value is -2.69. The Morgan fingerprint density at radius 1 is 1.13 bits per heavy atom. The van der Waals surface area contributed by atoms with Gasteiger partial charge in [-0.3, -0.25) is 14.6 Å². The largest absolute Gasteiger partial charge is 0.348 e. The van der Waals surface area contributed by atoms with Crippen molar-refractivity contribution in [2.75, 3.05) is 5.32 Å². The van der Waals surface area contributed by atoms with Crippen LogP contribution in [0.3, 0.4) is 0 Å². The summed E-state index contributed by atoms with van der Waals surface area (Å²) in [5.41, 5.74) is 2.27. The van der Waals surface area contributed by atoms with Gasteiger partial charge >= 0.3 is 0 Å². The molecule has 1 heterocycles. The van der Waals surface area contributed by atoms with Crippen molar-refractivity contribution in [3.63, 3.8) is 0 Å². The summed E-state index contributed by atoms with van der Waals surface area (Å²) in [5, 5.41) is 5.70. The average Bonchev–Trinajstić information content (AvgIpc) is 2.60. The molecule has 0 aliphatic rings. The normalized spacial score (nSPS) is 10.1. The van der Waals surface area contributed by atoms with Crippen molar-refractivity contribution < 1.29 is 9.59 Å². The van der Waals surface area contributed by atoms with Crippen molar-refractivity contribution in [1.29, 1.82) is 0 Å². The zero-order valence-electron chi connectivity index (χ0n) is 13.2. The first-order chi connectivity index (χ1) is 11.2. The van der Waals surface area contributed by atoms with Crippen LogP contribution in [0.4, 0.5) is 5.69 Å². The fraction of sp³-hybridized carbons (Fsp3) is 0.278. The highest BCUT2D eigenvalue weighted by molar-refractivity contribution is 5.93. The third-order valence-corrected chi connectivity index (χ3v) is 3.37. The number of benzene rings is 1. The summed E-state index contributed by atoms with van der Waals surface area (Å²) in [4.78, 5) is 27.5. The molecule has 0 bridgehead atoms. The zero-order chi connectivity index (χ0) is 16.5. The topological polar surface area (TPSA) is 71.1 Å². The molecule has 0 fully saturated rings. The second kappa shape index (κ2) is 8.68. The fourth-order valence-electron chi connectivity index (χ4n) is 2.05. The number of pyridine rings is 1. The maximum atomic E-state index is 11.9. The molecule has 2 N–H and O–H groups in total. The molecule has 0 saturated heterocycles. The summed E-state index contributed by atoms with van der Waals surface area (Å²) < 4.78 is 0. The van der Waals surface area contributed by atoms with Gasteiger partial charge in [0, 0.05) is 31.0 Å². The van der Waals surface area contributed by atoms with Crippen LogP contribution < -0.4 is 10.6 Å². The number of hydrogen-bond acceptors (Lipinski definition) is 3. The number of anilines is 1. The van der Waals surface area contributed by atoms with E-state index in [9.17, 15) is 9.59 Å². The van der Waals surface area contributed by atoms with E-state index in [1.54, 1.807) is 18.3 Å². The van der Waals surface area contributed by atoms with Crippen LogP contribution in [0.1, 0.15) is 42.1 Å². The molecule has 0 atom stereocenters. The molecule has 0 aliphatic carbocycles. The number of hydrogen-bond donors (Lipinski definition) is 2. The van der Waals surface area contributed by atoms with Gasteiger partial charge in [-0.1, -0.05) is 25.5 Å². The molecule has 120 valence electrons. The van der Waals surface area contributed by atoms with Crippen molar-refractivity contribution in [1.82, 2.24) is 10.3 Å². The number of nitrogens with zero attached hydrogens (tertiary/aromatic N) is 1. The maximum absolute atomic E-state index is 11.9. The van der Waals surface area contributed by atoms with E-state index in [4.69, 9.17) is 0 Å². The van der Waals surface area contributed by atoms with Crippen LogP contribution in [-0.4, -0.2) is 16.8 Å². The molecule has 0 unspecified atom stereocenters. The number of rotatable bonds is 7. The molecule has 0 spiro atoms. The van der Waals surface area contributed by atoms with Crippen LogP contribution in [0, 0.1) is 0 Å². The third kappa shape index (κ3) is 5.54. The van der Waals surface area contributed by atoms with Crippen molar-refractivity contribution in [2.24, 2.45) is 0 Å². The summed E-state index contributed by atoms with van der Waals surface area (Å²) in [6.45, 7) is 2.49. The fourth-order valence-corrected chi connectivity index (χ4v) is 2.05. The standard InChI is InChI=1S/C18H21N3O2/c1-2-3-6-17(22)21-16-9-7-14(8-10-16)12-20-18(23)15-5-4-11-19-13-15/h4-5,7-11,13H,2-3,6,12H2,1H3,(H,20,23)(H,21,22). The van der Waals surface area contributed by atoms with Crippen molar-refractivity contribution in [3.05, 3.63) is 59.9 Å². The summed E-state index contributed by atoms with van der Waals surface area (Å²) in [5.74, 6) is -0.125. The quantitative estimate of drug-likeness (QED) is 0.825. The SMILES string of the molecule is CCCCC(=O)Nc1ccc(CNC(=O)c2cccnc2)cc1. The second-order valence-corrected chi connectivity index (χ2v) is 5.27. The predicted molar refractivity (Wildman–Crippen MR) is 90.0 cm³/mol. The van der Waals surface area contributed by atoms with Gasteiger partial charge in [-0.25, -0.2) is 0 Å². The molecule has 5 heteroatoms. The molecule has 2 amide bonds. The molecule has 23 heavy (non-hydrogen) atoms. The minimum absolute atomic E-state index is 0.0319. The summed E-state index contributed by atoms with van der Waals surface area (Å²) in [7, 11) is 0. The molecule has 0 aliphatic heterocycles. The van der Waals surface area contributed by atoms with E-state index in [2.05, 4.69) is 22.5 Å². The van der Waals surface area contributed by atoms with Crippen molar-refractivity contribution in [3.8, 4) is 0 Å². The highest BCUT2D eigenvalue weighted by atomic mass is 16.2. The minimum Gasteiger partial charge on any atom is -0.348 e. The first-order valence-electron chi connectivity index (χ1n) is 7.76. The van der Waals surface area contributed by atoms with E-state index >= 15 is 0 Å². The molecule has 1 aromatic heterocycles. The number of aromatic nitrogens is 1. The van der Waals surface area contributed by atoms with Gasteiger partial charge in [0.25, 0.3) is 5.91 Å². The van der Waals surface area contributed by atoms with Gasteiger partial charge in [0.1, 0.15) is 0 Å². The Kier molecular flexibility index (Phi) is 6.29. The Morgan fingerprint density at radius 3 is 2.57 bits per heavy atom. The van der Waals surface area contributed by atoms with Crippen LogP contribution >= 0.6 is 0 Å². The van der Waals surface area contributed by atoms with Gasteiger partial charge in [-0.2, -0.15) is 0 Å². The zero-order valence-corrected chi connectivity index (χ0v) is 13.2. The second-order valence-electron chi connectivity index (χ2n) is 5.27. The summed E-state index contributed by atoms with van der Waals surface area (Å²) in [6, 6.07) is 10.9. The van der Waals surface area contributed by atoms with E-state index < -0.39 is 0 Å². The van der Waals surface area contributed by atoms with Gasteiger partial charge in [0.05, 0.1) is 5.56 Å². The highest BCUT2D eigenvalue weighted by Gasteiger charge is 2.05. The Balaban J connectivity index is 1.83. The van der Waals surface area contributed by atoms with Crippen LogP contribution in [0.2, 0.25) is 0 Å². The molecule has 0 radical (unpaired) electrons. The molecule has 0 saturated carbocycles. The summed E-state index contributed by atoms with van der Waals surface area (Å²) in [6.07, 6.45) is 5.60. The van der Waals surface area contributed by atoms with Crippen LogP contribution in [0.5, 0.6) is 0 Å².